The third-order valence-corrected chi connectivity index (χ3v) is 9.17. The SMILES string of the molecule is CCCCCC=CCC=CCC=CCCCCCCC(=O)OCC(COP(=O)(O)OCCN)OC(=O)CCCCCCCC=CCCCCCC. The van der Waals surface area contributed by atoms with Gasteiger partial charge in [0, 0.05) is 19.4 Å². The van der Waals surface area contributed by atoms with Gasteiger partial charge < -0.3 is 20.1 Å². The van der Waals surface area contributed by atoms with Gasteiger partial charge >= 0.3 is 19.8 Å². The van der Waals surface area contributed by atoms with Crippen LogP contribution in [0.2, 0.25) is 0 Å². The van der Waals surface area contributed by atoms with Gasteiger partial charge in [0.2, 0.25) is 0 Å². The minimum absolute atomic E-state index is 0.0473. The zero-order valence-corrected chi connectivity index (χ0v) is 33.2. The van der Waals surface area contributed by atoms with Crippen molar-refractivity contribution in [1.82, 2.24) is 0 Å². The van der Waals surface area contributed by atoms with E-state index in [1.54, 1.807) is 0 Å². The Bertz CT molecular complexity index is 981. The second kappa shape index (κ2) is 37.7. The number of phosphoric ester groups is 1. The summed E-state index contributed by atoms with van der Waals surface area (Å²) in [5.41, 5.74) is 5.33. The smallest absolute Gasteiger partial charge is 0.462 e. The number of hydrogen-bond donors (Lipinski definition) is 2. The van der Waals surface area contributed by atoms with E-state index in [1.807, 2.05) is 0 Å². The van der Waals surface area contributed by atoms with Crippen LogP contribution in [0, 0.1) is 0 Å². The molecule has 0 aliphatic rings. The fraction of sp³-hybridized carbons (Fsp3) is 0.756. The van der Waals surface area contributed by atoms with Gasteiger partial charge in [0.15, 0.2) is 6.10 Å². The lowest BCUT2D eigenvalue weighted by Crippen LogP contribution is -2.29. The zero-order chi connectivity index (χ0) is 37.5. The average molecular weight is 740 g/mol. The van der Waals surface area contributed by atoms with E-state index in [1.165, 1.54) is 57.8 Å². The molecule has 0 aromatic rings. The molecule has 0 amide bonds. The maximum Gasteiger partial charge on any atom is 0.472 e. The maximum absolute atomic E-state index is 12.5. The molecule has 0 saturated carbocycles. The number of carbonyl (C=O) groups is 2. The standard InChI is InChI=1S/C41H74NO8P/c1-3-5-7-9-11-13-15-17-18-19-20-22-23-25-27-29-31-33-40(43)47-37-39(38-49-51(45,46)48-36-35-42)50-41(44)34-32-30-28-26-24-21-16-14-12-10-8-6-4-2/h11,13-14,16-18,20,22,39H,3-10,12,15,19,21,23-38,42H2,1-2H3,(H,45,46). The molecule has 0 saturated heterocycles. The van der Waals surface area contributed by atoms with Crippen molar-refractivity contribution < 1.29 is 37.6 Å². The Labute approximate surface area is 311 Å². The second-order valence-corrected chi connectivity index (χ2v) is 14.6. The highest BCUT2D eigenvalue weighted by Crippen LogP contribution is 2.43. The number of hydrogen-bond acceptors (Lipinski definition) is 8. The molecule has 2 atom stereocenters. The van der Waals surface area contributed by atoms with Gasteiger partial charge in [-0.2, -0.15) is 0 Å². The van der Waals surface area contributed by atoms with E-state index in [9.17, 15) is 19.0 Å². The Morgan fingerprint density at radius 3 is 1.57 bits per heavy atom. The van der Waals surface area contributed by atoms with Crippen LogP contribution < -0.4 is 5.73 Å². The molecule has 0 heterocycles. The van der Waals surface area contributed by atoms with Crippen LogP contribution in [0.1, 0.15) is 168 Å². The summed E-state index contributed by atoms with van der Waals surface area (Å²) in [6, 6.07) is 0. The quantitative estimate of drug-likeness (QED) is 0.0276. The topological polar surface area (TPSA) is 134 Å². The lowest BCUT2D eigenvalue weighted by molar-refractivity contribution is -0.161. The average Bonchev–Trinajstić information content (AvgIpc) is 3.11. The molecule has 2 unspecified atom stereocenters. The van der Waals surface area contributed by atoms with Crippen molar-refractivity contribution in [2.24, 2.45) is 5.73 Å². The van der Waals surface area contributed by atoms with Crippen LogP contribution in [-0.4, -0.2) is 49.3 Å². The van der Waals surface area contributed by atoms with Crippen LogP contribution in [-0.2, 0) is 32.7 Å². The fourth-order valence-corrected chi connectivity index (χ4v) is 5.93. The van der Waals surface area contributed by atoms with Gasteiger partial charge in [-0.3, -0.25) is 18.6 Å². The fourth-order valence-electron chi connectivity index (χ4n) is 5.16. The van der Waals surface area contributed by atoms with E-state index in [0.29, 0.717) is 12.8 Å². The van der Waals surface area contributed by atoms with E-state index in [4.69, 9.17) is 24.3 Å². The minimum Gasteiger partial charge on any atom is -0.462 e. The molecule has 0 aromatic heterocycles. The Morgan fingerprint density at radius 1 is 0.588 bits per heavy atom. The Balaban J connectivity index is 4.25. The van der Waals surface area contributed by atoms with Crippen molar-refractivity contribution in [3.63, 3.8) is 0 Å². The number of esters is 2. The van der Waals surface area contributed by atoms with E-state index in [2.05, 4.69) is 62.5 Å². The van der Waals surface area contributed by atoms with Crippen LogP contribution in [0.15, 0.2) is 48.6 Å². The number of allylic oxidation sites excluding steroid dienone is 8. The largest absolute Gasteiger partial charge is 0.472 e. The van der Waals surface area contributed by atoms with Crippen LogP contribution in [0.5, 0.6) is 0 Å². The molecule has 0 aliphatic carbocycles. The molecule has 3 N–H and O–H groups in total. The molecule has 51 heavy (non-hydrogen) atoms. The van der Waals surface area contributed by atoms with Gasteiger partial charge in [0.05, 0.1) is 13.2 Å². The molecule has 0 rings (SSSR count). The third-order valence-electron chi connectivity index (χ3n) is 8.19. The molecule has 0 aromatic carbocycles. The van der Waals surface area contributed by atoms with E-state index < -0.39 is 32.5 Å². The summed E-state index contributed by atoms with van der Waals surface area (Å²) >= 11 is 0. The molecular weight excluding hydrogens is 665 g/mol. The maximum atomic E-state index is 12.5. The van der Waals surface area contributed by atoms with Gasteiger partial charge in [0.25, 0.3) is 0 Å². The first-order chi connectivity index (χ1) is 24.8. The van der Waals surface area contributed by atoms with Crippen molar-refractivity contribution in [1.29, 1.82) is 0 Å². The summed E-state index contributed by atoms with van der Waals surface area (Å²) in [6.07, 6.45) is 41.3. The van der Waals surface area contributed by atoms with Crippen molar-refractivity contribution in [3.8, 4) is 0 Å². The third kappa shape index (κ3) is 37.5. The first kappa shape index (κ1) is 49.0. The van der Waals surface area contributed by atoms with Crippen molar-refractivity contribution in [2.75, 3.05) is 26.4 Å². The Kier molecular flexibility index (Phi) is 36.2. The number of ether oxygens (including phenoxy) is 2. The number of rotatable bonds is 37. The van der Waals surface area contributed by atoms with E-state index in [0.717, 1.165) is 70.6 Å². The summed E-state index contributed by atoms with van der Waals surface area (Å²) in [5.74, 6) is -0.867. The minimum atomic E-state index is -4.38. The number of phosphoric acid groups is 1. The van der Waals surface area contributed by atoms with Crippen LogP contribution >= 0.6 is 7.82 Å². The predicted molar refractivity (Wildman–Crippen MR) is 210 cm³/mol. The number of carbonyl (C=O) groups excluding carboxylic acids is 2. The van der Waals surface area contributed by atoms with Gasteiger partial charge in [0.1, 0.15) is 6.61 Å². The van der Waals surface area contributed by atoms with Gasteiger partial charge in [-0.05, 0) is 77.0 Å². The van der Waals surface area contributed by atoms with Crippen LogP contribution in [0.25, 0.3) is 0 Å². The number of unbranched alkanes of at least 4 members (excludes halogenated alkanes) is 16. The number of nitrogens with two attached hydrogens (primary N) is 1. The predicted octanol–water partition coefficient (Wildman–Crippen LogP) is 11.2. The van der Waals surface area contributed by atoms with Crippen molar-refractivity contribution >= 4 is 19.8 Å². The molecule has 10 heteroatoms. The highest BCUT2D eigenvalue weighted by Gasteiger charge is 2.25. The van der Waals surface area contributed by atoms with Crippen molar-refractivity contribution in [3.05, 3.63) is 48.6 Å². The Morgan fingerprint density at radius 2 is 1.02 bits per heavy atom. The summed E-state index contributed by atoms with van der Waals surface area (Å²) in [5, 5.41) is 0. The zero-order valence-electron chi connectivity index (χ0n) is 32.3. The summed E-state index contributed by atoms with van der Waals surface area (Å²) in [6.45, 7) is 3.64. The van der Waals surface area contributed by atoms with Crippen molar-refractivity contribution in [2.45, 2.75) is 174 Å². The first-order valence-corrected chi connectivity index (χ1v) is 21.6. The molecule has 0 aliphatic heterocycles. The summed E-state index contributed by atoms with van der Waals surface area (Å²) < 4.78 is 32.7. The lowest BCUT2D eigenvalue weighted by atomic mass is 10.1. The first-order valence-electron chi connectivity index (χ1n) is 20.1. The summed E-state index contributed by atoms with van der Waals surface area (Å²) in [4.78, 5) is 34.7. The molecule has 0 radical (unpaired) electrons. The van der Waals surface area contributed by atoms with E-state index >= 15 is 0 Å². The lowest BCUT2D eigenvalue weighted by Gasteiger charge is -2.19. The van der Waals surface area contributed by atoms with Crippen LogP contribution in [0.4, 0.5) is 0 Å². The summed E-state index contributed by atoms with van der Waals surface area (Å²) in [7, 11) is -4.38. The highest BCUT2D eigenvalue weighted by atomic mass is 31.2. The van der Waals surface area contributed by atoms with Crippen LogP contribution in [0.3, 0.4) is 0 Å². The normalized spacial score (nSPS) is 13.9. The molecule has 296 valence electrons. The highest BCUT2D eigenvalue weighted by molar-refractivity contribution is 7.47. The molecule has 9 nitrogen and oxygen atoms in total. The van der Waals surface area contributed by atoms with Gasteiger partial charge in [-0.1, -0.05) is 127 Å². The molecular formula is C41H74NO8P. The van der Waals surface area contributed by atoms with Gasteiger partial charge in [-0.15, -0.1) is 0 Å². The van der Waals surface area contributed by atoms with E-state index in [-0.39, 0.29) is 32.6 Å². The molecule has 0 fully saturated rings. The molecule has 0 bridgehead atoms. The second-order valence-electron chi connectivity index (χ2n) is 13.1. The van der Waals surface area contributed by atoms with Gasteiger partial charge in [-0.25, -0.2) is 4.57 Å². The monoisotopic (exact) mass is 740 g/mol. The molecule has 0 spiro atoms. The Hall–Kier alpha value is -2.03.